The van der Waals surface area contributed by atoms with Crippen LogP contribution >= 0.6 is 0 Å². The molecule has 5 nitrogen and oxygen atoms in total. The number of aryl methyl sites for hydroxylation is 2. The minimum Gasteiger partial charge on any atom is -0.258 e. The molecule has 1 heterocycles. The molecule has 0 N–H and O–H groups in total. The summed E-state index contributed by atoms with van der Waals surface area (Å²) in [5, 5.41) is 14.8. The van der Waals surface area contributed by atoms with Crippen molar-refractivity contribution in [2.45, 2.75) is 13.8 Å². The normalized spacial score (nSPS) is 10.5. The van der Waals surface area contributed by atoms with E-state index in [1.807, 2.05) is 6.07 Å². The molecule has 0 saturated heterocycles. The number of hydrogen-bond acceptors (Lipinski definition) is 3. The van der Waals surface area contributed by atoms with Gasteiger partial charge in [0.1, 0.15) is 5.82 Å². The summed E-state index contributed by atoms with van der Waals surface area (Å²) >= 11 is 0. The van der Waals surface area contributed by atoms with Gasteiger partial charge in [0.25, 0.3) is 5.69 Å². The molecule has 17 heavy (non-hydrogen) atoms. The number of rotatable bonds is 2. The van der Waals surface area contributed by atoms with Crippen LogP contribution in [0.5, 0.6) is 0 Å². The highest BCUT2D eigenvalue weighted by atomic mass is 19.1. The number of aromatic nitrogens is 2. The van der Waals surface area contributed by atoms with E-state index in [1.165, 1.54) is 16.8 Å². The van der Waals surface area contributed by atoms with Crippen LogP contribution in [0.25, 0.3) is 5.69 Å². The summed E-state index contributed by atoms with van der Waals surface area (Å²) in [7, 11) is 0. The molecule has 1 aromatic carbocycles. The number of nitro groups is 1. The van der Waals surface area contributed by atoms with Gasteiger partial charge in [-0.3, -0.25) is 10.1 Å². The van der Waals surface area contributed by atoms with Crippen molar-refractivity contribution in [3.8, 4) is 5.69 Å². The number of hydrogen-bond donors (Lipinski definition) is 0. The van der Waals surface area contributed by atoms with Gasteiger partial charge in [-0.05, 0) is 19.9 Å². The van der Waals surface area contributed by atoms with Crippen molar-refractivity contribution in [2.75, 3.05) is 0 Å². The van der Waals surface area contributed by atoms with Gasteiger partial charge in [0.2, 0.25) is 0 Å². The number of halogens is 1. The van der Waals surface area contributed by atoms with E-state index in [-0.39, 0.29) is 5.69 Å². The first-order valence-electron chi connectivity index (χ1n) is 4.96. The van der Waals surface area contributed by atoms with Crippen LogP contribution in [0, 0.1) is 29.8 Å². The van der Waals surface area contributed by atoms with Crippen LogP contribution in [0.2, 0.25) is 0 Å². The summed E-state index contributed by atoms with van der Waals surface area (Å²) in [6.45, 7) is 3.61. The van der Waals surface area contributed by atoms with Crippen molar-refractivity contribution in [1.82, 2.24) is 9.78 Å². The quantitative estimate of drug-likeness (QED) is 0.593. The maximum atomic E-state index is 13.3. The second-order valence-electron chi connectivity index (χ2n) is 3.76. The molecule has 0 spiro atoms. The van der Waals surface area contributed by atoms with Gasteiger partial charge in [0.15, 0.2) is 0 Å². The highest BCUT2D eigenvalue weighted by Crippen LogP contribution is 2.20. The molecule has 1 aromatic heterocycles. The number of benzene rings is 1. The van der Waals surface area contributed by atoms with Crippen LogP contribution < -0.4 is 0 Å². The van der Waals surface area contributed by atoms with Gasteiger partial charge in [0, 0.05) is 17.8 Å². The van der Waals surface area contributed by atoms with E-state index in [0.717, 1.165) is 17.5 Å². The Balaban J connectivity index is 2.59. The standard InChI is InChI=1S/C11H10FN3O2/c1-7-3-8(2)14(13-7)10-4-9(12)5-11(6-10)15(16)17/h3-6H,1-2H3. The molecular formula is C11H10FN3O2. The van der Waals surface area contributed by atoms with Gasteiger partial charge >= 0.3 is 0 Å². The molecular weight excluding hydrogens is 225 g/mol. The fourth-order valence-electron chi connectivity index (χ4n) is 1.68. The van der Waals surface area contributed by atoms with E-state index in [2.05, 4.69) is 5.10 Å². The van der Waals surface area contributed by atoms with E-state index >= 15 is 0 Å². The highest BCUT2D eigenvalue weighted by Gasteiger charge is 2.12. The summed E-state index contributed by atoms with van der Waals surface area (Å²) in [5.74, 6) is -0.651. The minimum atomic E-state index is -0.651. The molecule has 0 aliphatic carbocycles. The van der Waals surface area contributed by atoms with Gasteiger partial charge in [0.05, 0.1) is 22.4 Å². The Kier molecular flexibility index (Phi) is 2.63. The summed E-state index contributed by atoms with van der Waals surface area (Å²) in [5.41, 5.74) is 1.63. The average molecular weight is 235 g/mol. The molecule has 0 saturated carbocycles. The Hall–Kier alpha value is -2.24. The monoisotopic (exact) mass is 235 g/mol. The summed E-state index contributed by atoms with van der Waals surface area (Å²) < 4.78 is 14.7. The summed E-state index contributed by atoms with van der Waals surface area (Å²) in [4.78, 5) is 10.0. The zero-order chi connectivity index (χ0) is 12.6. The van der Waals surface area contributed by atoms with Crippen molar-refractivity contribution in [2.24, 2.45) is 0 Å². The lowest BCUT2D eigenvalue weighted by Gasteiger charge is -2.04. The number of non-ortho nitro benzene ring substituents is 1. The van der Waals surface area contributed by atoms with E-state index in [9.17, 15) is 14.5 Å². The van der Waals surface area contributed by atoms with Crippen LogP contribution in [-0.2, 0) is 0 Å². The lowest BCUT2D eigenvalue weighted by atomic mass is 10.2. The molecule has 2 rings (SSSR count). The van der Waals surface area contributed by atoms with Crippen LogP contribution in [0.4, 0.5) is 10.1 Å². The van der Waals surface area contributed by atoms with Gasteiger partial charge < -0.3 is 0 Å². The molecule has 0 amide bonds. The Morgan fingerprint density at radius 2 is 2.00 bits per heavy atom. The van der Waals surface area contributed by atoms with Gasteiger partial charge in [-0.15, -0.1) is 0 Å². The molecule has 2 aromatic rings. The summed E-state index contributed by atoms with van der Waals surface area (Å²) in [6.07, 6.45) is 0. The van der Waals surface area contributed by atoms with Crippen LogP contribution in [0.3, 0.4) is 0 Å². The Labute approximate surface area is 96.6 Å². The lowest BCUT2D eigenvalue weighted by Crippen LogP contribution is -2.01. The van der Waals surface area contributed by atoms with E-state index in [0.29, 0.717) is 5.69 Å². The van der Waals surface area contributed by atoms with Crippen LogP contribution in [0.1, 0.15) is 11.4 Å². The first kappa shape index (κ1) is 11.3. The number of nitrogens with zero attached hydrogens (tertiary/aromatic N) is 3. The number of nitro benzene ring substituents is 1. The molecule has 6 heteroatoms. The van der Waals surface area contributed by atoms with Gasteiger partial charge in [-0.25, -0.2) is 9.07 Å². The van der Waals surface area contributed by atoms with Gasteiger partial charge in [-0.2, -0.15) is 5.10 Å². The molecule has 0 atom stereocenters. The third kappa shape index (κ3) is 2.15. The third-order valence-electron chi connectivity index (χ3n) is 2.33. The van der Waals surface area contributed by atoms with E-state index in [1.54, 1.807) is 13.8 Å². The first-order valence-corrected chi connectivity index (χ1v) is 4.96. The smallest absolute Gasteiger partial charge is 0.258 e. The fraction of sp³-hybridized carbons (Fsp3) is 0.182. The largest absolute Gasteiger partial charge is 0.274 e. The topological polar surface area (TPSA) is 61.0 Å². The molecule has 0 aliphatic rings. The highest BCUT2D eigenvalue weighted by molar-refractivity contribution is 5.44. The second-order valence-corrected chi connectivity index (χ2v) is 3.76. The van der Waals surface area contributed by atoms with Crippen LogP contribution in [-0.4, -0.2) is 14.7 Å². The maximum absolute atomic E-state index is 13.3. The van der Waals surface area contributed by atoms with E-state index in [4.69, 9.17) is 0 Å². The lowest BCUT2D eigenvalue weighted by molar-refractivity contribution is -0.385. The molecule has 0 unspecified atom stereocenters. The predicted octanol–water partition coefficient (Wildman–Crippen LogP) is 2.54. The third-order valence-corrected chi connectivity index (χ3v) is 2.33. The SMILES string of the molecule is Cc1cc(C)n(-c2cc(F)cc([N+](=O)[O-])c2)n1. The summed E-state index contributed by atoms with van der Waals surface area (Å²) in [6, 6.07) is 5.21. The zero-order valence-electron chi connectivity index (χ0n) is 9.35. The molecule has 88 valence electrons. The van der Waals surface area contributed by atoms with Crippen LogP contribution in [0.15, 0.2) is 24.3 Å². The zero-order valence-corrected chi connectivity index (χ0v) is 9.35. The fourth-order valence-corrected chi connectivity index (χ4v) is 1.68. The van der Waals surface area contributed by atoms with Crippen molar-refractivity contribution in [3.05, 3.63) is 51.6 Å². The average Bonchev–Trinajstić information content (AvgIpc) is 2.57. The van der Waals surface area contributed by atoms with Crippen molar-refractivity contribution in [3.63, 3.8) is 0 Å². The Bertz CT molecular complexity index is 592. The molecule has 0 aliphatic heterocycles. The van der Waals surface area contributed by atoms with Gasteiger partial charge in [-0.1, -0.05) is 0 Å². The predicted molar refractivity (Wildman–Crippen MR) is 59.7 cm³/mol. The Morgan fingerprint density at radius 3 is 2.53 bits per heavy atom. The van der Waals surface area contributed by atoms with E-state index < -0.39 is 10.7 Å². The molecule has 0 fully saturated rings. The van der Waals surface area contributed by atoms with Crippen molar-refractivity contribution >= 4 is 5.69 Å². The molecule has 0 radical (unpaired) electrons. The second kappa shape index (κ2) is 3.97. The minimum absolute atomic E-state index is 0.285. The van der Waals surface area contributed by atoms with Crippen molar-refractivity contribution < 1.29 is 9.31 Å². The van der Waals surface area contributed by atoms with Crippen molar-refractivity contribution in [1.29, 1.82) is 0 Å². The Morgan fingerprint density at radius 1 is 1.29 bits per heavy atom. The molecule has 0 bridgehead atoms. The first-order chi connectivity index (χ1) is 7.97. The maximum Gasteiger partial charge on any atom is 0.274 e.